The van der Waals surface area contributed by atoms with E-state index in [9.17, 15) is 0 Å². The van der Waals surface area contributed by atoms with E-state index in [1.54, 1.807) is 0 Å². The van der Waals surface area contributed by atoms with E-state index in [1.165, 1.54) is 12.0 Å². The Bertz CT molecular complexity index is 479. The van der Waals surface area contributed by atoms with Gasteiger partial charge in [-0.15, -0.1) is 0 Å². The summed E-state index contributed by atoms with van der Waals surface area (Å²) in [5.74, 6) is 0. The fourth-order valence-electron chi connectivity index (χ4n) is 4.06. The van der Waals surface area contributed by atoms with Crippen molar-refractivity contribution < 1.29 is 4.74 Å². The van der Waals surface area contributed by atoms with Crippen molar-refractivity contribution in [3.05, 3.63) is 35.9 Å². The third-order valence-corrected chi connectivity index (χ3v) is 4.58. The first kappa shape index (κ1) is 17.3. The molecule has 1 aromatic carbocycles. The van der Waals surface area contributed by atoms with Crippen molar-refractivity contribution in [2.75, 3.05) is 6.61 Å². The molecule has 0 amide bonds. The van der Waals surface area contributed by atoms with Gasteiger partial charge in [0.2, 0.25) is 0 Å². The van der Waals surface area contributed by atoms with Crippen LogP contribution in [0.2, 0.25) is 0 Å². The fourth-order valence-corrected chi connectivity index (χ4v) is 4.31. The second-order valence-corrected chi connectivity index (χ2v) is 8.50. The number of hydrogen-bond donors (Lipinski definition) is 1. The maximum absolute atomic E-state index is 5.71. The highest BCUT2D eigenvalue weighted by molar-refractivity contribution is 7.80. The molecule has 3 heteroatoms. The third-order valence-electron chi connectivity index (χ3n) is 4.34. The standard InChI is InChI=1S/C19H29NOS/c1-18(2)12-16(13-19(3,4)14-18)20-17(22)21-11-10-15-8-6-5-7-9-15/h5-9,16H,10-14H2,1-4H3,(H,20,22). The molecule has 22 heavy (non-hydrogen) atoms. The van der Waals surface area contributed by atoms with Gasteiger partial charge >= 0.3 is 0 Å². The van der Waals surface area contributed by atoms with Crippen LogP contribution in [0, 0.1) is 10.8 Å². The van der Waals surface area contributed by atoms with Gasteiger partial charge in [0.1, 0.15) is 0 Å². The Hall–Kier alpha value is -1.09. The molecular weight excluding hydrogens is 290 g/mol. The maximum Gasteiger partial charge on any atom is 0.256 e. The Kier molecular flexibility index (Phi) is 5.49. The van der Waals surface area contributed by atoms with Crippen molar-refractivity contribution in [1.82, 2.24) is 5.32 Å². The van der Waals surface area contributed by atoms with Gasteiger partial charge in [0.15, 0.2) is 0 Å². The van der Waals surface area contributed by atoms with Crippen LogP contribution < -0.4 is 5.32 Å². The van der Waals surface area contributed by atoms with Crippen LogP contribution in [0.1, 0.15) is 52.5 Å². The number of hydrogen-bond acceptors (Lipinski definition) is 2. The van der Waals surface area contributed by atoms with Crippen LogP contribution in [-0.2, 0) is 11.2 Å². The molecule has 1 saturated carbocycles. The van der Waals surface area contributed by atoms with E-state index in [2.05, 4.69) is 57.3 Å². The topological polar surface area (TPSA) is 21.3 Å². The predicted octanol–water partition coefficient (Wildman–Crippen LogP) is 4.73. The Labute approximate surface area is 140 Å². The molecule has 0 atom stereocenters. The summed E-state index contributed by atoms with van der Waals surface area (Å²) in [5.41, 5.74) is 2.00. The summed E-state index contributed by atoms with van der Waals surface area (Å²) in [6.45, 7) is 10.0. The van der Waals surface area contributed by atoms with Gasteiger partial charge in [0.05, 0.1) is 6.61 Å². The zero-order chi connectivity index (χ0) is 16.2. The fraction of sp³-hybridized carbons (Fsp3) is 0.632. The second-order valence-electron chi connectivity index (χ2n) is 8.13. The normalized spacial score (nSPS) is 20.4. The Morgan fingerprint density at radius 1 is 1.14 bits per heavy atom. The molecule has 0 spiro atoms. The monoisotopic (exact) mass is 319 g/mol. The van der Waals surface area contributed by atoms with Crippen molar-refractivity contribution in [2.45, 2.75) is 59.4 Å². The largest absolute Gasteiger partial charge is 0.471 e. The number of nitrogens with one attached hydrogen (secondary N) is 1. The molecule has 0 saturated heterocycles. The van der Waals surface area contributed by atoms with Crippen molar-refractivity contribution in [3.63, 3.8) is 0 Å². The summed E-state index contributed by atoms with van der Waals surface area (Å²) >= 11 is 5.37. The summed E-state index contributed by atoms with van der Waals surface area (Å²) in [4.78, 5) is 0. The summed E-state index contributed by atoms with van der Waals surface area (Å²) in [7, 11) is 0. The van der Waals surface area contributed by atoms with Crippen LogP contribution in [0.3, 0.4) is 0 Å². The molecule has 0 radical (unpaired) electrons. The van der Waals surface area contributed by atoms with Gasteiger partial charge in [-0.25, -0.2) is 0 Å². The zero-order valence-corrected chi connectivity index (χ0v) is 15.1. The first-order valence-corrected chi connectivity index (χ1v) is 8.64. The molecule has 1 fully saturated rings. The van der Waals surface area contributed by atoms with Crippen LogP contribution in [0.25, 0.3) is 0 Å². The molecule has 1 aromatic rings. The molecule has 2 rings (SSSR count). The highest BCUT2D eigenvalue weighted by atomic mass is 32.1. The van der Waals surface area contributed by atoms with Crippen LogP contribution in [0.5, 0.6) is 0 Å². The number of rotatable bonds is 4. The van der Waals surface area contributed by atoms with E-state index < -0.39 is 0 Å². The summed E-state index contributed by atoms with van der Waals surface area (Å²) in [6, 6.07) is 10.8. The molecule has 2 nitrogen and oxygen atoms in total. The average molecular weight is 320 g/mol. The maximum atomic E-state index is 5.71. The van der Waals surface area contributed by atoms with Gasteiger partial charge in [-0.1, -0.05) is 58.0 Å². The second kappa shape index (κ2) is 6.99. The quantitative estimate of drug-likeness (QED) is 0.811. The molecule has 0 heterocycles. The van der Waals surface area contributed by atoms with Crippen LogP contribution in [0.15, 0.2) is 30.3 Å². The Morgan fingerprint density at radius 2 is 1.73 bits per heavy atom. The van der Waals surface area contributed by atoms with E-state index in [1.807, 2.05) is 6.07 Å². The molecule has 0 aromatic heterocycles. The Balaban J connectivity index is 1.77. The first-order valence-electron chi connectivity index (χ1n) is 8.23. The van der Waals surface area contributed by atoms with Gasteiger partial charge in [0, 0.05) is 12.5 Å². The van der Waals surface area contributed by atoms with Crippen LogP contribution in [-0.4, -0.2) is 17.8 Å². The molecule has 1 N–H and O–H groups in total. The van der Waals surface area contributed by atoms with Crippen molar-refractivity contribution in [3.8, 4) is 0 Å². The number of thiocarbonyl (C=S) groups is 1. The summed E-state index contributed by atoms with van der Waals surface area (Å²) in [5, 5.41) is 3.98. The SMILES string of the molecule is CC1(C)CC(NC(=S)OCCc2ccccc2)CC(C)(C)C1. The lowest BCUT2D eigenvalue weighted by molar-refractivity contribution is 0.0895. The Morgan fingerprint density at radius 3 is 2.32 bits per heavy atom. The van der Waals surface area contributed by atoms with Gasteiger partial charge in [-0.2, -0.15) is 0 Å². The van der Waals surface area contributed by atoms with E-state index in [0.29, 0.717) is 28.7 Å². The van der Waals surface area contributed by atoms with Crippen molar-refractivity contribution >= 4 is 17.4 Å². The van der Waals surface area contributed by atoms with Gasteiger partial charge in [-0.3, -0.25) is 0 Å². The van der Waals surface area contributed by atoms with E-state index in [0.717, 1.165) is 19.3 Å². The number of benzene rings is 1. The first-order chi connectivity index (χ1) is 10.3. The minimum absolute atomic E-state index is 0.360. The summed E-state index contributed by atoms with van der Waals surface area (Å²) < 4.78 is 5.71. The lowest BCUT2D eigenvalue weighted by Gasteiger charge is -2.45. The average Bonchev–Trinajstić information content (AvgIpc) is 2.36. The summed E-state index contributed by atoms with van der Waals surface area (Å²) in [6.07, 6.45) is 4.46. The molecule has 0 bridgehead atoms. The van der Waals surface area contributed by atoms with Crippen molar-refractivity contribution in [2.24, 2.45) is 10.8 Å². The van der Waals surface area contributed by atoms with Gasteiger partial charge < -0.3 is 10.1 Å². The molecule has 1 aliphatic rings. The predicted molar refractivity (Wildman–Crippen MR) is 97.0 cm³/mol. The van der Waals surface area contributed by atoms with Gasteiger partial charge in [-0.05, 0) is 47.9 Å². The van der Waals surface area contributed by atoms with E-state index in [4.69, 9.17) is 17.0 Å². The molecule has 122 valence electrons. The highest BCUT2D eigenvalue weighted by Gasteiger charge is 2.38. The number of ether oxygens (including phenoxy) is 1. The van der Waals surface area contributed by atoms with E-state index >= 15 is 0 Å². The third kappa shape index (κ3) is 5.60. The van der Waals surface area contributed by atoms with Crippen LogP contribution >= 0.6 is 12.2 Å². The van der Waals surface area contributed by atoms with E-state index in [-0.39, 0.29) is 0 Å². The minimum Gasteiger partial charge on any atom is -0.471 e. The van der Waals surface area contributed by atoms with Crippen molar-refractivity contribution in [1.29, 1.82) is 0 Å². The lowest BCUT2D eigenvalue weighted by atomic mass is 9.63. The zero-order valence-electron chi connectivity index (χ0n) is 14.3. The highest BCUT2D eigenvalue weighted by Crippen LogP contribution is 2.45. The van der Waals surface area contributed by atoms with Crippen LogP contribution in [0.4, 0.5) is 0 Å². The molecule has 0 aliphatic heterocycles. The smallest absolute Gasteiger partial charge is 0.256 e. The van der Waals surface area contributed by atoms with Gasteiger partial charge in [0.25, 0.3) is 5.17 Å². The molecule has 1 aliphatic carbocycles. The molecular formula is C19H29NOS. The minimum atomic E-state index is 0.360. The molecule has 0 unspecified atom stereocenters. The lowest BCUT2D eigenvalue weighted by Crippen LogP contribution is -2.46.